The van der Waals surface area contributed by atoms with Crippen LogP contribution >= 0.6 is 11.8 Å². The van der Waals surface area contributed by atoms with Crippen molar-refractivity contribution < 1.29 is 14.3 Å². The van der Waals surface area contributed by atoms with Gasteiger partial charge < -0.3 is 19.4 Å². The van der Waals surface area contributed by atoms with Gasteiger partial charge in [-0.1, -0.05) is 11.8 Å². The third-order valence-corrected chi connectivity index (χ3v) is 5.51. The molecule has 0 atom stereocenters. The minimum Gasteiger partial charge on any atom is -0.496 e. The summed E-state index contributed by atoms with van der Waals surface area (Å²) < 4.78 is 12.7. The number of aryl methyl sites for hydroxylation is 2. The van der Waals surface area contributed by atoms with E-state index in [1.165, 1.54) is 0 Å². The zero-order chi connectivity index (χ0) is 20.3. The van der Waals surface area contributed by atoms with Gasteiger partial charge in [0.2, 0.25) is 0 Å². The Morgan fingerprint density at radius 3 is 2.32 bits per heavy atom. The molecule has 0 radical (unpaired) electrons. The molecule has 28 heavy (non-hydrogen) atoms. The Bertz CT molecular complexity index is 989. The summed E-state index contributed by atoms with van der Waals surface area (Å²) in [6.45, 7) is 3.86. The quantitative estimate of drug-likeness (QED) is 0.665. The van der Waals surface area contributed by atoms with Crippen LogP contribution in [0.2, 0.25) is 0 Å². The molecule has 1 amide bonds. The number of ether oxygens (including phenoxy) is 2. The Hall–Kier alpha value is -2.93. The molecule has 2 aromatic carbocycles. The number of aromatic nitrogens is 2. The molecule has 0 saturated carbocycles. The minimum atomic E-state index is -0.218. The van der Waals surface area contributed by atoms with Crippen molar-refractivity contribution in [2.24, 2.45) is 7.05 Å². The molecular formula is C21H23N3O3S. The Balaban J connectivity index is 1.80. The van der Waals surface area contributed by atoms with Gasteiger partial charge in [0.05, 0.1) is 14.2 Å². The van der Waals surface area contributed by atoms with Gasteiger partial charge in [-0.2, -0.15) is 0 Å². The zero-order valence-corrected chi connectivity index (χ0v) is 17.4. The molecule has 0 aliphatic rings. The molecule has 3 aromatic rings. The van der Waals surface area contributed by atoms with E-state index in [2.05, 4.69) is 10.3 Å². The van der Waals surface area contributed by atoms with Gasteiger partial charge in [0, 0.05) is 41.2 Å². The number of imidazole rings is 1. The highest BCUT2D eigenvalue weighted by Crippen LogP contribution is 2.31. The summed E-state index contributed by atoms with van der Waals surface area (Å²) in [5, 5.41) is 3.88. The fourth-order valence-electron chi connectivity index (χ4n) is 2.81. The number of nitrogens with one attached hydrogen (secondary N) is 1. The summed E-state index contributed by atoms with van der Waals surface area (Å²) in [6, 6.07) is 9.34. The molecule has 0 saturated heterocycles. The number of anilines is 1. The Labute approximate surface area is 168 Å². The van der Waals surface area contributed by atoms with Gasteiger partial charge in [0.15, 0.2) is 5.16 Å². The molecule has 6 nitrogen and oxygen atoms in total. The van der Waals surface area contributed by atoms with E-state index in [4.69, 9.17) is 9.47 Å². The molecule has 0 aliphatic heterocycles. The molecule has 0 aliphatic carbocycles. The first-order valence-electron chi connectivity index (χ1n) is 8.72. The fourth-order valence-corrected chi connectivity index (χ4v) is 3.71. The second-order valence-corrected chi connectivity index (χ2v) is 7.40. The number of benzene rings is 2. The van der Waals surface area contributed by atoms with E-state index in [-0.39, 0.29) is 5.91 Å². The Kier molecular flexibility index (Phi) is 5.94. The van der Waals surface area contributed by atoms with Crippen molar-refractivity contribution in [3.05, 3.63) is 59.4 Å². The molecule has 1 aromatic heterocycles. The largest absolute Gasteiger partial charge is 0.496 e. The first-order chi connectivity index (χ1) is 13.4. The first-order valence-corrected chi connectivity index (χ1v) is 9.54. The van der Waals surface area contributed by atoms with Crippen molar-refractivity contribution in [3.63, 3.8) is 0 Å². The number of amides is 1. The molecular weight excluding hydrogens is 374 g/mol. The predicted octanol–water partition coefficient (Wildman–Crippen LogP) is 4.46. The molecule has 3 rings (SSSR count). The van der Waals surface area contributed by atoms with Crippen LogP contribution in [0, 0.1) is 13.8 Å². The summed E-state index contributed by atoms with van der Waals surface area (Å²) in [6.07, 6.45) is 3.68. The van der Waals surface area contributed by atoms with Crippen molar-refractivity contribution >= 4 is 23.4 Å². The van der Waals surface area contributed by atoms with Crippen LogP contribution in [-0.4, -0.2) is 29.7 Å². The van der Waals surface area contributed by atoms with Gasteiger partial charge in [-0.05, 0) is 49.7 Å². The topological polar surface area (TPSA) is 65.4 Å². The second kappa shape index (κ2) is 8.39. The lowest BCUT2D eigenvalue weighted by molar-refractivity contribution is 0.102. The van der Waals surface area contributed by atoms with E-state index in [1.54, 1.807) is 44.3 Å². The number of carbonyl (C=O) groups excluding carboxylic acids is 1. The summed E-state index contributed by atoms with van der Waals surface area (Å²) in [7, 11) is 5.11. The number of hydrogen-bond acceptors (Lipinski definition) is 5. The summed E-state index contributed by atoms with van der Waals surface area (Å²) >= 11 is 1.58. The van der Waals surface area contributed by atoms with E-state index in [9.17, 15) is 4.79 Å². The fraction of sp³-hybridized carbons (Fsp3) is 0.238. The predicted molar refractivity (Wildman–Crippen MR) is 111 cm³/mol. The highest BCUT2D eigenvalue weighted by Gasteiger charge is 2.15. The average Bonchev–Trinajstić information content (AvgIpc) is 3.08. The van der Waals surface area contributed by atoms with Crippen LogP contribution in [0.1, 0.15) is 21.5 Å². The highest BCUT2D eigenvalue weighted by molar-refractivity contribution is 7.99. The van der Waals surface area contributed by atoms with E-state index in [0.717, 1.165) is 26.9 Å². The average molecular weight is 398 g/mol. The summed E-state index contributed by atoms with van der Waals surface area (Å²) in [5.74, 6) is 1.01. The molecule has 7 heteroatoms. The highest BCUT2D eigenvalue weighted by atomic mass is 32.2. The van der Waals surface area contributed by atoms with Gasteiger partial charge in [-0.15, -0.1) is 0 Å². The molecule has 0 unspecified atom stereocenters. The van der Waals surface area contributed by atoms with Gasteiger partial charge >= 0.3 is 0 Å². The molecule has 0 bridgehead atoms. The van der Waals surface area contributed by atoms with Gasteiger partial charge in [0.1, 0.15) is 11.5 Å². The first kappa shape index (κ1) is 19.8. The lowest BCUT2D eigenvalue weighted by Crippen LogP contribution is -2.13. The van der Waals surface area contributed by atoms with Crippen LogP contribution in [0.15, 0.2) is 52.8 Å². The number of hydrogen-bond donors (Lipinski definition) is 1. The lowest BCUT2D eigenvalue weighted by Gasteiger charge is -2.14. The van der Waals surface area contributed by atoms with Crippen molar-refractivity contribution in [2.45, 2.75) is 23.9 Å². The molecule has 1 N–H and O–H groups in total. The van der Waals surface area contributed by atoms with Crippen LogP contribution in [0.4, 0.5) is 5.69 Å². The summed E-state index contributed by atoms with van der Waals surface area (Å²) in [4.78, 5) is 18.1. The standard InChI is InChI=1S/C21H23N3O3S/c1-13-10-16(28-21-22-8-9-24(21)3)6-7-17(13)23-20(25)15-11-18(26-4)14(2)19(12-15)27-5/h6-12H,1-5H3,(H,23,25). The monoisotopic (exact) mass is 397 g/mol. The lowest BCUT2D eigenvalue weighted by atomic mass is 10.1. The maximum atomic E-state index is 12.8. The van der Waals surface area contributed by atoms with Crippen LogP contribution in [0.5, 0.6) is 11.5 Å². The maximum absolute atomic E-state index is 12.8. The molecule has 0 spiro atoms. The smallest absolute Gasteiger partial charge is 0.255 e. The van der Waals surface area contributed by atoms with Crippen LogP contribution in [0.25, 0.3) is 0 Å². The minimum absolute atomic E-state index is 0.218. The Morgan fingerprint density at radius 1 is 1.11 bits per heavy atom. The third kappa shape index (κ3) is 4.14. The van der Waals surface area contributed by atoms with Crippen molar-refractivity contribution in [1.29, 1.82) is 0 Å². The van der Waals surface area contributed by atoms with E-state index in [0.29, 0.717) is 17.1 Å². The van der Waals surface area contributed by atoms with E-state index in [1.807, 2.05) is 49.9 Å². The maximum Gasteiger partial charge on any atom is 0.255 e. The van der Waals surface area contributed by atoms with Crippen LogP contribution in [-0.2, 0) is 7.05 Å². The zero-order valence-electron chi connectivity index (χ0n) is 16.6. The molecule has 1 heterocycles. The van der Waals surface area contributed by atoms with Crippen molar-refractivity contribution in [2.75, 3.05) is 19.5 Å². The van der Waals surface area contributed by atoms with E-state index < -0.39 is 0 Å². The molecule has 0 fully saturated rings. The van der Waals surface area contributed by atoms with Crippen LogP contribution in [0.3, 0.4) is 0 Å². The second-order valence-electron chi connectivity index (χ2n) is 6.36. The van der Waals surface area contributed by atoms with Crippen LogP contribution < -0.4 is 14.8 Å². The third-order valence-electron chi connectivity index (χ3n) is 4.45. The van der Waals surface area contributed by atoms with Gasteiger partial charge in [0.25, 0.3) is 5.91 Å². The Morgan fingerprint density at radius 2 is 1.79 bits per heavy atom. The van der Waals surface area contributed by atoms with E-state index >= 15 is 0 Å². The van der Waals surface area contributed by atoms with Gasteiger partial charge in [-0.3, -0.25) is 4.79 Å². The number of nitrogens with zero attached hydrogens (tertiary/aromatic N) is 2. The van der Waals surface area contributed by atoms with Crippen molar-refractivity contribution in [1.82, 2.24) is 9.55 Å². The van der Waals surface area contributed by atoms with Gasteiger partial charge in [-0.25, -0.2) is 4.98 Å². The normalized spacial score (nSPS) is 10.6. The summed E-state index contributed by atoms with van der Waals surface area (Å²) in [5.41, 5.74) is 3.06. The molecule has 146 valence electrons. The number of rotatable bonds is 6. The SMILES string of the molecule is COc1cc(C(=O)Nc2ccc(Sc3nccn3C)cc2C)cc(OC)c1C. The van der Waals surface area contributed by atoms with Crippen molar-refractivity contribution in [3.8, 4) is 11.5 Å². The number of methoxy groups -OCH3 is 2. The number of carbonyl (C=O) groups is 1.